The Kier molecular flexibility index (Phi) is 6.71. The Balaban J connectivity index is 2.04. The first-order valence-electron chi connectivity index (χ1n) is 8.80. The maximum atomic E-state index is 12.3. The number of carboxylic acids is 1. The summed E-state index contributed by atoms with van der Waals surface area (Å²) in [5.74, 6) is -1.44. The van der Waals surface area contributed by atoms with Gasteiger partial charge in [-0.1, -0.05) is 24.3 Å². The lowest BCUT2D eigenvalue weighted by molar-refractivity contribution is -0.116. The molecule has 142 valence electrons. The molecule has 0 aliphatic heterocycles. The van der Waals surface area contributed by atoms with Gasteiger partial charge in [-0.2, -0.15) is 0 Å². The number of anilines is 1. The first kappa shape index (κ1) is 20.2. The lowest BCUT2D eigenvalue weighted by Gasteiger charge is -2.13. The van der Waals surface area contributed by atoms with Crippen LogP contribution in [0.5, 0.6) is 0 Å². The molecule has 0 spiro atoms. The third-order valence-electron chi connectivity index (χ3n) is 4.05. The summed E-state index contributed by atoms with van der Waals surface area (Å²) in [5.41, 5.74) is 2.68. The average Bonchev–Trinajstić information content (AvgIpc) is 2.61. The summed E-state index contributed by atoms with van der Waals surface area (Å²) in [7, 11) is 0. The molecule has 2 aromatic rings. The van der Waals surface area contributed by atoms with Crippen molar-refractivity contribution in [2.75, 3.05) is 5.32 Å². The highest BCUT2D eigenvalue weighted by Crippen LogP contribution is 2.17. The van der Waals surface area contributed by atoms with E-state index in [1.807, 2.05) is 20.8 Å². The van der Waals surface area contributed by atoms with Crippen LogP contribution in [0.1, 0.15) is 52.1 Å². The molecule has 0 fully saturated rings. The molecule has 0 atom stereocenters. The van der Waals surface area contributed by atoms with Crippen LogP contribution >= 0.6 is 0 Å². The largest absolute Gasteiger partial charge is 0.478 e. The number of aryl methyl sites for hydroxylation is 2. The highest BCUT2D eigenvalue weighted by atomic mass is 16.4. The predicted molar refractivity (Wildman–Crippen MR) is 104 cm³/mol. The van der Waals surface area contributed by atoms with Crippen molar-refractivity contribution in [3.63, 3.8) is 0 Å². The molecule has 2 rings (SSSR count). The minimum atomic E-state index is -1.01. The molecule has 0 saturated carbocycles. The van der Waals surface area contributed by atoms with Gasteiger partial charge in [-0.15, -0.1) is 0 Å². The molecular weight excluding hydrogens is 344 g/mol. The molecule has 0 bridgehead atoms. The van der Waals surface area contributed by atoms with Gasteiger partial charge in [-0.05, 0) is 56.5 Å². The minimum absolute atomic E-state index is 0.0180. The first-order chi connectivity index (χ1) is 12.8. The van der Waals surface area contributed by atoms with Gasteiger partial charge in [0, 0.05) is 23.7 Å². The van der Waals surface area contributed by atoms with Crippen LogP contribution < -0.4 is 10.6 Å². The van der Waals surface area contributed by atoms with Crippen molar-refractivity contribution in [3.8, 4) is 0 Å². The molecule has 0 aromatic heterocycles. The number of rotatable bonds is 7. The van der Waals surface area contributed by atoms with Crippen molar-refractivity contribution in [2.45, 2.75) is 39.7 Å². The number of carbonyl (C=O) groups is 3. The second-order valence-corrected chi connectivity index (χ2v) is 6.67. The lowest BCUT2D eigenvalue weighted by Crippen LogP contribution is -2.30. The molecule has 0 aliphatic rings. The van der Waals surface area contributed by atoms with Crippen LogP contribution in [0.3, 0.4) is 0 Å². The zero-order valence-corrected chi connectivity index (χ0v) is 15.7. The van der Waals surface area contributed by atoms with Gasteiger partial charge in [-0.3, -0.25) is 9.59 Å². The first-order valence-corrected chi connectivity index (χ1v) is 8.80. The zero-order valence-electron chi connectivity index (χ0n) is 15.7. The van der Waals surface area contributed by atoms with Crippen molar-refractivity contribution < 1.29 is 19.5 Å². The van der Waals surface area contributed by atoms with E-state index in [-0.39, 0.29) is 29.8 Å². The standard InChI is InChI=1S/C21H24N2O4/c1-13(2)22-20(25)18-12-16(10-8-14(18)3)23-19(24)11-9-15-6-4-5-7-17(15)21(26)27/h4-8,10,12-13H,9,11H2,1-3H3,(H,22,25)(H,23,24)(H,26,27). The van der Waals surface area contributed by atoms with Crippen LogP contribution in [0, 0.1) is 6.92 Å². The van der Waals surface area contributed by atoms with E-state index in [2.05, 4.69) is 10.6 Å². The van der Waals surface area contributed by atoms with Gasteiger partial charge in [-0.25, -0.2) is 4.79 Å². The van der Waals surface area contributed by atoms with E-state index in [0.29, 0.717) is 23.2 Å². The van der Waals surface area contributed by atoms with E-state index >= 15 is 0 Å². The molecule has 2 aromatic carbocycles. The third kappa shape index (κ3) is 5.67. The van der Waals surface area contributed by atoms with Gasteiger partial charge in [0.15, 0.2) is 0 Å². The monoisotopic (exact) mass is 368 g/mol. The molecule has 0 unspecified atom stereocenters. The van der Waals surface area contributed by atoms with Crippen LogP contribution in [-0.2, 0) is 11.2 Å². The van der Waals surface area contributed by atoms with Crippen molar-refractivity contribution >= 4 is 23.5 Å². The Morgan fingerprint density at radius 1 is 1.04 bits per heavy atom. The normalized spacial score (nSPS) is 10.5. The van der Waals surface area contributed by atoms with Crippen LogP contribution in [-0.4, -0.2) is 28.9 Å². The van der Waals surface area contributed by atoms with Gasteiger partial charge >= 0.3 is 5.97 Å². The molecule has 0 aliphatic carbocycles. The molecule has 0 heterocycles. The minimum Gasteiger partial charge on any atom is -0.478 e. The Morgan fingerprint density at radius 3 is 2.41 bits per heavy atom. The fourth-order valence-electron chi connectivity index (χ4n) is 2.70. The smallest absolute Gasteiger partial charge is 0.335 e. The molecular formula is C21H24N2O4. The van der Waals surface area contributed by atoms with Crippen LogP contribution in [0.2, 0.25) is 0 Å². The van der Waals surface area contributed by atoms with Gasteiger partial charge in [0.2, 0.25) is 5.91 Å². The van der Waals surface area contributed by atoms with Crippen LogP contribution in [0.15, 0.2) is 42.5 Å². The molecule has 0 radical (unpaired) electrons. The summed E-state index contributed by atoms with van der Waals surface area (Å²) < 4.78 is 0. The lowest BCUT2D eigenvalue weighted by atomic mass is 10.0. The maximum Gasteiger partial charge on any atom is 0.335 e. The number of aromatic carboxylic acids is 1. The van der Waals surface area contributed by atoms with Crippen molar-refractivity contribution in [1.82, 2.24) is 5.32 Å². The average molecular weight is 368 g/mol. The van der Waals surface area contributed by atoms with E-state index in [1.54, 1.807) is 36.4 Å². The fourth-order valence-corrected chi connectivity index (χ4v) is 2.70. The number of nitrogens with one attached hydrogen (secondary N) is 2. The summed E-state index contributed by atoms with van der Waals surface area (Å²) in [5, 5.41) is 14.8. The zero-order chi connectivity index (χ0) is 20.0. The summed E-state index contributed by atoms with van der Waals surface area (Å²) in [6.45, 7) is 5.60. The predicted octanol–water partition coefficient (Wildman–Crippen LogP) is 3.40. The number of hydrogen-bond acceptors (Lipinski definition) is 3. The number of amides is 2. The third-order valence-corrected chi connectivity index (χ3v) is 4.05. The van der Waals surface area contributed by atoms with E-state index < -0.39 is 5.97 Å². The van der Waals surface area contributed by atoms with E-state index in [9.17, 15) is 19.5 Å². The van der Waals surface area contributed by atoms with E-state index in [4.69, 9.17) is 0 Å². The molecule has 3 N–H and O–H groups in total. The van der Waals surface area contributed by atoms with Gasteiger partial charge in [0.25, 0.3) is 5.91 Å². The van der Waals surface area contributed by atoms with Gasteiger partial charge in [0.1, 0.15) is 0 Å². The molecule has 2 amide bonds. The summed E-state index contributed by atoms with van der Waals surface area (Å²) >= 11 is 0. The summed E-state index contributed by atoms with van der Waals surface area (Å²) in [6, 6.07) is 11.8. The van der Waals surface area contributed by atoms with E-state index in [1.165, 1.54) is 6.07 Å². The Bertz CT molecular complexity index is 859. The van der Waals surface area contributed by atoms with Crippen molar-refractivity contribution in [2.24, 2.45) is 0 Å². The Hall–Kier alpha value is -3.15. The highest BCUT2D eigenvalue weighted by Gasteiger charge is 2.13. The van der Waals surface area contributed by atoms with Crippen LogP contribution in [0.4, 0.5) is 5.69 Å². The quantitative estimate of drug-likeness (QED) is 0.698. The van der Waals surface area contributed by atoms with Crippen LogP contribution in [0.25, 0.3) is 0 Å². The molecule has 0 saturated heterocycles. The number of benzene rings is 2. The van der Waals surface area contributed by atoms with Crippen molar-refractivity contribution in [3.05, 3.63) is 64.7 Å². The number of carboxylic acid groups (broad SMARTS) is 1. The second-order valence-electron chi connectivity index (χ2n) is 6.67. The number of carbonyl (C=O) groups excluding carboxylic acids is 2. The summed E-state index contributed by atoms with van der Waals surface area (Å²) in [4.78, 5) is 35.7. The maximum absolute atomic E-state index is 12.3. The van der Waals surface area contributed by atoms with Gasteiger partial charge < -0.3 is 15.7 Å². The van der Waals surface area contributed by atoms with Crippen molar-refractivity contribution in [1.29, 1.82) is 0 Å². The number of hydrogen-bond donors (Lipinski definition) is 3. The molecule has 6 heteroatoms. The molecule has 27 heavy (non-hydrogen) atoms. The fraction of sp³-hybridized carbons (Fsp3) is 0.286. The Morgan fingerprint density at radius 2 is 1.74 bits per heavy atom. The summed E-state index contributed by atoms with van der Waals surface area (Å²) in [6.07, 6.45) is 0.465. The topological polar surface area (TPSA) is 95.5 Å². The van der Waals surface area contributed by atoms with E-state index in [0.717, 1.165) is 5.56 Å². The molecule has 6 nitrogen and oxygen atoms in total. The van der Waals surface area contributed by atoms with Gasteiger partial charge in [0.05, 0.1) is 5.56 Å². The second kappa shape index (κ2) is 8.98. The SMILES string of the molecule is Cc1ccc(NC(=O)CCc2ccccc2C(=O)O)cc1C(=O)NC(C)C. The highest BCUT2D eigenvalue weighted by molar-refractivity contribution is 5.98. The Labute approximate surface area is 158 Å².